The van der Waals surface area contributed by atoms with Crippen LogP contribution in [0.25, 0.3) is 0 Å². The first kappa shape index (κ1) is 21.5. The van der Waals surface area contributed by atoms with Gasteiger partial charge in [0.25, 0.3) is 0 Å². The van der Waals surface area contributed by atoms with Crippen LogP contribution in [0.1, 0.15) is 50.5 Å². The van der Waals surface area contributed by atoms with Gasteiger partial charge in [-0.1, -0.05) is 30.5 Å². The number of nitrogens with zero attached hydrogens (tertiary/aromatic N) is 2. The molecule has 1 amide bonds. The maximum atomic E-state index is 14.0. The Balaban J connectivity index is 1.32. The van der Waals surface area contributed by atoms with Crippen molar-refractivity contribution < 1.29 is 9.18 Å². The molecule has 2 fully saturated rings. The van der Waals surface area contributed by atoms with Crippen LogP contribution in [-0.2, 0) is 11.3 Å². The van der Waals surface area contributed by atoms with Gasteiger partial charge in [-0.2, -0.15) is 0 Å². The van der Waals surface area contributed by atoms with E-state index in [-0.39, 0.29) is 17.6 Å². The summed E-state index contributed by atoms with van der Waals surface area (Å²) in [5.41, 5.74) is 0.667. The molecule has 0 atom stereocenters. The van der Waals surface area contributed by atoms with Crippen LogP contribution in [0.2, 0.25) is 5.02 Å². The fraction of sp³-hybridized carbons (Fsp3) is 0.682. The molecule has 0 aromatic heterocycles. The Morgan fingerprint density at radius 2 is 1.79 bits per heavy atom. The van der Waals surface area contributed by atoms with Crippen LogP contribution < -0.4 is 5.32 Å². The summed E-state index contributed by atoms with van der Waals surface area (Å²) in [5.74, 6) is 0.0227. The molecular weight excluding hydrogens is 377 g/mol. The quantitative estimate of drug-likeness (QED) is 0.689. The summed E-state index contributed by atoms with van der Waals surface area (Å²) >= 11 is 5.82. The van der Waals surface area contributed by atoms with E-state index in [1.54, 1.807) is 12.1 Å². The number of hydrogen-bond acceptors (Lipinski definition) is 3. The SMILES string of the molecule is O=C(NCCCN1CCCCCC1)C1CCN(Cc2ccc(Cl)cc2F)CC1. The summed E-state index contributed by atoms with van der Waals surface area (Å²) < 4.78 is 14.0. The van der Waals surface area contributed by atoms with E-state index in [4.69, 9.17) is 11.6 Å². The number of carbonyl (C=O) groups is 1. The highest BCUT2D eigenvalue weighted by molar-refractivity contribution is 6.30. The lowest BCUT2D eigenvalue weighted by Gasteiger charge is -2.31. The van der Waals surface area contributed by atoms with Crippen LogP contribution >= 0.6 is 11.6 Å². The maximum absolute atomic E-state index is 14.0. The van der Waals surface area contributed by atoms with E-state index >= 15 is 0 Å². The highest BCUT2D eigenvalue weighted by atomic mass is 35.5. The number of benzene rings is 1. The molecule has 3 rings (SSSR count). The molecular formula is C22H33ClFN3O. The fourth-order valence-electron chi connectivity index (χ4n) is 4.26. The Kier molecular flexibility index (Phi) is 8.56. The van der Waals surface area contributed by atoms with Crippen LogP contribution in [0.3, 0.4) is 0 Å². The van der Waals surface area contributed by atoms with Gasteiger partial charge in [-0.05, 0) is 77.0 Å². The predicted molar refractivity (Wildman–Crippen MR) is 112 cm³/mol. The van der Waals surface area contributed by atoms with Crippen LogP contribution in [0.5, 0.6) is 0 Å². The topological polar surface area (TPSA) is 35.6 Å². The first-order chi connectivity index (χ1) is 13.6. The van der Waals surface area contributed by atoms with Crippen molar-refractivity contribution in [3.8, 4) is 0 Å². The first-order valence-electron chi connectivity index (χ1n) is 10.8. The van der Waals surface area contributed by atoms with Crippen molar-refractivity contribution in [1.82, 2.24) is 15.1 Å². The lowest BCUT2D eigenvalue weighted by Crippen LogP contribution is -2.41. The molecule has 2 aliphatic rings. The minimum absolute atomic E-state index is 0.0875. The molecule has 0 saturated carbocycles. The van der Waals surface area contributed by atoms with Crippen molar-refractivity contribution in [2.45, 2.75) is 51.5 Å². The number of carbonyl (C=O) groups excluding carboxylic acids is 1. The molecule has 6 heteroatoms. The largest absolute Gasteiger partial charge is 0.356 e. The van der Waals surface area contributed by atoms with Crippen molar-refractivity contribution in [2.24, 2.45) is 5.92 Å². The Bertz CT molecular complexity index is 626. The van der Waals surface area contributed by atoms with E-state index in [1.807, 2.05) is 0 Å². The molecule has 0 spiro atoms. The number of rotatable bonds is 7. The highest BCUT2D eigenvalue weighted by Gasteiger charge is 2.25. The van der Waals surface area contributed by atoms with Crippen LogP contribution in [0, 0.1) is 11.7 Å². The smallest absolute Gasteiger partial charge is 0.223 e. The van der Waals surface area contributed by atoms with Crippen molar-refractivity contribution in [3.05, 3.63) is 34.6 Å². The minimum Gasteiger partial charge on any atom is -0.356 e. The van der Waals surface area contributed by atoms with Gasteiger partial charge in [0.15, 0.2) is 0 Å². The van der Waals surface area contributed by atoms with Crippen molar-refractivity contribution >= 4 is 17.5 Å². The summed E-state index contributed by atoms with van der Waals surface area (Å²) in [5, 5.41) is 3.55. The third-order valence-corrected chi connectivity index (χ3v) is 6.25. The Labute approximate surface area is 173 Å². The van der Waals surface area contributed by atoms with Gasteiger partial charge in [0.05, 0.1) is 0 Å². The molecule has 2 saturated heterocycles. The van der Waals surface area contributed by atoms with Crippen molar-refractivity contribution in [3.63, 3.8) is 0 Å². The predicted octanol–water partition coefficient (Wildman–Crippen LogP) is 4.07. The Hall–Kier alpha value is -1.17. The summed E-state index contributed by atoms with van der Waals surface area (Å²) in [4.78, 5) is 17.2. The van der Waals surface area contributed by atoms with Gasteiger partial charge < -0.3 is 10.2 Å². The third kappa shape index (κ3) is 6.71. The van der Waals surface area contributed by atoms with Gasteiger partial charge in [-0.3, -0.25) is 9.69 Å². The van der Waals surface area contributed by atoms with E-state index < -0.39 is 0 Å². The van der Waals surface area contributed by atoms with Crippen molar-refractivity contribution in [2.75, 3.05) is 39.3 Å². The maximum Gasteiger partial charge on any atom is 0.223 e. The number of amides is 1. The van der Waals surface area contributed by atoms with E-state index in [0.29, 0.717) is 17.1 Å². The molecule has 0 aliphatic carbocycles. The summed E-state index contributed by atoms with van der Waals surface area (Å²) in [6.45, 7) is 6.51. The standard InChI is InChI=1S/C22H33ClFN3O/c23-20-7-6-19(21(24)16-20)17-27-14-8-18(9-15-27)22(28)25-10-5-13-26-11-3-1-2-4-12-26/h6-7,16,18H,1-5,8-15,17H2,(H,25,28). The molecule has 4 nitrogen and oxygen atoms in total. The second-order valence-electron chi connectivity index (χ2n) is 8.19. The van der Waals surface area contributed by atoms with Gasteiger partial charge in [-0.15, -0.1) is 0 Å². The molecule has 1 N–H and O–H groups in total. The lowest BCUT2D eigenvalue weighted by molar-refractivity contribution is -0.126. The number of hydrogen-bond donors (Lipinski definition) is 1. The molecule has 28 heavy (non-hydrogen) atoms. The molecule has 1 aromatic rings. The molecule has 0 bridgehead atoms. The highest BCUT2D eigenvalue weighted by Crippen LogP contribution is 2.21. The number of piperidine rings is 1. The summed E-state index contributed by atoms with van der Waals surface area (Å²) in [7, 11) is 0. The molecule has 156 valence electrons. The molecule has 1 aromatic carbocycles. The van der Waals surface area contributed by atoms with E-state index in [2.05, 4.69) is 15.1 Å². The number of halogens is 2. The van der Waals surface area contributed by atoms with Gasteiger partial charge in [0.1, 0.15) is 5.82 Å². The zero-order chi connectivity index (χ0) is 19.8. The lowest BCUT2D eigenvalue weighted by atomic mass is 9.95. The zero-order valence-corrected chi connectivity index (χ0v) is 17.5. The van der Waals surface area contributed by atoms with Gasteiger partial charge in [0.2, 0.25) is 5.91 Å². The Morgan fingerprint density at radius 3 is 2.46 bits per heavy atom. The van der Waals surface area contributed by atoms with Gasteiger partial charge in [0, 0.05) is 29.6 Å². The monoisotopic (exact) mass is 409 g/mol. The van der Waals surface area contributed by atoms with Gasteiger partial charge >= 0.3 is 0 Å². The second kappa shape index (κ2) is 11.1. The summed E-state index contributed by atoms with van der Waals surface area (Å²) in [6, 6.07) is 4.84. The van der Waals surface area contributed by atoms with E-state index in [9.17, 15) is 9.18 Å². The molecule has 0 radical (unpaired) electrons. The second-order valence-corrected chi connectivity index (χ2v) is 8.62. The molecule has 2 heterocycles. The van der Waals surface area contributed by atoms with Gasteiger partial charge in [-0.25, -0.2) is 4.39 Å². The number of nitrogens with one attached hydrogen (secondary N) is 1. The van der Waals surface area contributed by atoms with Crippen LogP contribution in [0.15, 0.2) is 18.2 Å². The number of likely N-dealkylation sites (tertiary alicyclic amines) is 2. The minimum atomic E-state index is -0.253. The average molecular weight is 410 g/mol. The molecule has 0 unspecified atom stereocenters. The van der Waals surface area contributed by atoms with Crippen LogP contribution in [0.4, 0.5) is 4.39 Å². The zero-order valence-electron chi connectivity index (χ0n) is 16.8. The average Bonchev–Trinajstić information content (AvgIpc) is 2.97. The third-order valence-electron chi connectivity index (χ3n) is 6.02. The summed E-state index contributed by atoms with van der Waals surface area (Å²) in [6.07, 6.45) is 8.05. The van der Waals surface area contributed by atoms with E-state index in [1.165, 1.54) is 44.8 Å². The first-order valence-corrected chi connectivity index (χ1v) is 11.2. The Morgan fingerprint density at radius 1 is 1.07 bits per heavy atom. The van der Waals surface area contributed by atoms with Crippen LogP contribution in [-0.4, -0.2) is 55.0 Å². The van der Waals surface area contributed by atoms with Crippen molar-refractivity contribution in [1.29, 1.82) is 0 Å². The van der Waals surface area contributed by atoms with E-state index in [0.717, 1.165) is 45.4 Å². The fourth-order valence-corrected chi connectivity index (χ4v) is 4.42. The normalized spacial score (nSPS) is 20.1. The molecule has 2 aliphatic heterocycles.